The average Bonchev–Trinajstić information content (AvgIpc) is 3.10. The molecule has 1 fully saturated rings. The average molecular weight is 288 g/mol. The van der Waals surface area contributed by atoms with Crippen LogP contribution in [-0.2, 0) is 0 Å². The van der Waals surface area contributed by atoms with Gasteiger partial charge >= 0.3 is 0 Å². The van der Waals surface area contributed by atoms with Gasteiger partial charge in [0.25, 0.3) is 0 Å². The highest BCUT2D eigenvalue weighted by molar-refractivity contribution is 7.10. The van der Waals surface area contributed by atoms with E-state index in [1.807, 2.05) is 26.0 Å². The van der Waals surface area contributed by atoms with Crippen LogP contribution in [-0.4, -0.2) is 17.6 Å². The predicted octanol–water partition coefficient (Wildman–Crippen LogP) is 4.02. The standard InChI is InChI=1S/C16H20N2OS/c1-11(2)19-13-7-5-12(6-8-13)15-10-20-16(18-15)14-4-3-9-17-14/h5-8,10-11,14,17H,3-4,9H2,1-2H3. The van der Waals surface area contributed by atoms with Gasteiger partial charge in [-0.05, 0) is 57.5 Å². The third kappa shape index (κ3) is 3.02. The normalized spacial score (nSPS) is 18.6. The smallest absolute Gasteiger partial charge is 0.119 e. The Labute approximate surface area is 124 Å². The zero-order valence-electron chi connectivity index (χ0n) is 11.9. The van der Waals surface area contributed by atoms with E-state index in [1.54, 1.807) is 11.3 Å². The molecule has 4 heteroatoms. The molecule has 3 nitrogen and oxygen atoms in total. The van der Waals surface area contributed by atoms with Crippen molar-refractivity contribution in [3.63, 3.8) is 0 Å². The van der Waals surface area contributed by atoms with Gasteiger partial charge in [0.15, 0.2) is 0 Å². The molecule has 0 amide bonds. The minimum Gasteiger partial charge on any atom is -0.491 e. The fourth-order valence-electron chi connectivity index (χ4n) is 2.45. The van der Waals surface area contributed by atoms with Gasteiger partial charge in [-0.2, -0.15) is 0 Å². The van der Waals surface area contributed by atoms with Crippen LogP contribution in [0.3, 0.4) is 0 Å². The number of nitrogens with one attached hydrogen (secondary N) is 1. The van der Waals surface area contributed by atoms with Crippen LogP contribution in [0.1, 0.15) is 37.7 Å². The van der Waals surface area contributed by atoms with Crippen molar-refractivity contribution < 1.29 is 4.74 Å². The maximum atomic E-state index is 5.66. The summed E-state index contributed by atoms with van der Waals surface area (Å²) >= 11 is 1.75. The van der Waals surface area contributed by atoms with Crippen molar-refractivity contribution in [3.05, 3.63) is 34.7 Å². The second-order valence-electron chi connectivity index (χ2n) is 5.41. The number of benzene rings is 1. The summed E-state index contributed by atoms with van der Waals surface area (Å²) in [7, 11) is 0. The zero-order chi connectivity index (χ0) is 13.9. The highest BCUT2D eigenvalue weighted by Crippen LogP contribution is 2.30. The Balaban J connectivity index is 1.75. The van der Waals surface area contributed by atoms with Gasteiger partial charge in [0.05, 0.1) is 17.8 Å². The van der Waals surface area contributed by atoms with Crippen molar-refractivity contribution in [2.24, 2.45) is 0 Å². The van der Waals surface area contributed by atoms with E-state index >= 15 is 0 Å². The molecule has 1 aliphatic rings. The van der Waals surface area contributed by atoms with Crippen molar-refractivity contribution in [3.8, 4) is 17.0 Å². The lowest BCUT2D eigenvalue weighted by Gasteiger charge is -2.09. The summed E-state index contributed by atoms with van der Waals surface area (Å²) in [5, 5.41) is 6.85. The van der Waals surface area contributed by atoms with E-state index in [-0.39, 0.29) is 6.10 Å². The summed E-state index contributed by atoms with van der Waals surface area (Å²) in [6.07, 6.45) is 2.66. The van der Waals surface area contributed by atoms with Crippen LogP contribution in [0.5, 0.6) is 5.75 Å². The summed E-state index contributed by atoms with van der Waals surface area (Å²) in [6.45, 7) is 5.19. The molecule has 0 aliphatic carbocycles. The highest BCUT2D eigenvalue weighted by Gasteiger charge is 2.19. The Hall–Kier alpha value is -1.39. The van der Waals surface area contributed by atoms with Gasteiger partial charge in [-0.25, -0.2) is 4.98 Å². The first kappa shape index (κ1) is 13.6. The van der Waals surface area contributed by atoms with E-state index in [1.165, 1.54) is 17.8 Å². The minimum absolute atomic E-state index is 0.208. The van der Waals surface area contributed by atoms with Gasteiger partial charge < -0.3 is 10.1 Å². The number of hydrogen-bond acceptors (Lipinski definition) is 4. The van der Waals surface area contributed by atoms with Gasteiger partial charge in [-0.1, -0.05) is 0 Å². The first-order chi connectivity index (χ1) is 9.72. The number of nitrogens with zero attached hydrogens (tertiary/aromatic N) is 1. The molecule has 1 saturated heterocycles. The fraction of sp³-hybridized carbons (Fsp3) is 0.438. The molecule has 20 heavy (non-hydrogen) atoms. The van der Waals surface area contributed by atoms with Crippen LogP contribution >= 0.6 is 11.3 Å². The molecule has 1 atom stereocenters. The van der Waals surface area contributed by atoms with E-state index in [4.69, 9.17) is 9.72 Å². The van der Waals surface area contributed by atoms with Gasteiger partial charge in [0, 0.05) is 10.9 Å². The summed E-state index contributed by atoms with van der Waals surface area (Å²) < 4.78 is 5.66. The van der Waals surface area contributed by atoms with Crippen LogP contribution in [0, 0.1) is 0 Å². The van der Waals surface area contributed by atoms with Gasteiger partial charge in [-0.3, -0.25) is 0 Å². The monoisotopic (exact) mass is 288 g/mol. The highest BCUT2D eigenvalue weighted by atomic mass is 32.1. The molecular weight excluding hydrogens is 268 g/mol. The number of thiazole rings is 1. The molecule has 106 valence electrons. The zero-order valence-corrected chi connectivity index (χ0v) is 12.7. The predicted molar refractivity (Wildman–Crippen MR) is 83.3 cm³/mol. The maximum absolute atomic E-state index is 5.66. The van der Waals surface area contributed by atoms with Crippen molar-refractivity contribution >= 4 is 11.3 Å². The number of aromatic nitrogens is 1. The van der Waals surface area contributed by atoms with Crippen molar-refractivity contribution in [2.75, 3.05) is 6.54 Å². The largest absolute Gasteiger partial charge is 0.491 e. The Kier molecular flexibility index (Phi) is 4.03. The van der Waals surface area contributed by atoms with Crippen LogP contribution in [0.25, 0.3) is 11.3 Å². The topological polar surface area (TPSA) is 34.1 Å². The Morgan fingerprint density at radius 1 is 1.30 bits per heavy atom. The lowest BCUT2D eigenvalue weighted by Crippen LogP contribution is -2.12. The molecule has 1 N–H and O–H groups in total. The molecule has 0 saturated carbocycles. The first-order valence-electron chi connectivity index (χ1n) is 7.18. The van der Waals surface area contributed by atoms with E-state index in [0.717, 1.165) is 23.6 Å². The van der Waals surface area contributed by atoms with Crippen LogP contribution < -0.4 is 10.1 Å². The SMILES string of the molecule is CC(C)Oc1ccc(-c2csc(C3CCCN3)n2)cc1. The van der Waals surface area contributed by atoms with Gasteiger partial charge in [0.1, 0.15) is 10.8 Å². The molecule has 2 aromatic rings. The first-order valence-corrected chi connectivity index (χ1v) is 8.06. The molecule has 1 unspecified atom stereocenters. The van der Waals surface area contributed by atoms with Crippen LogP contribution in [0.2, 0.25) is 0 Å². The third-order valence-electron chi connectivity index (χ3n) is 3.40. The van der Waals surface area contributed by atoms with Crippen molar-refractivity contribution in [1.29, 1.82) is 0 Å². The summed E-state index contributed by atoms with van der Waals surface area (Å²) in [5.41, 5.74) is 2.22. The van der Waals surface area contributed by atoms with Crippen molar-refractivity contribution in [1.82, 2.24) is 10.3 Å². The molecule has 1 aromatic heterocycles. The molecule has 1 aromatic carbocycles. The van der Waals surface area contributed by atoms with Gasteiger partial charge in [-0.15, -0.1) is 11.3 Å². The van der Waals surface area contributed by atoms with E-state index in [2.05, 4.69) is 22.8 Å². The Morgan fingerprint density at radius 2 is 2.10 bits per heavy atom. The molecule has 1 aliphatic heterocycles. The number of ether oxygens (including phenoxy) is 1. The minimum atomic E-state index is 0.208. The van der Waals surface area contributed by atoms with E-state index in [0.29, 0.717) is 6.04 Å². The second kappa shape index (κ2) is 5.94. The number of hydrogen-bond donors (Lipinski definition) is 1. The number of rotatable bonds is 4. The molecule has 0 radical (unpaired) electrons. The summed E-state index contributed by atoms with van der Waals surface area (Å²) in [5.74, 6) is 0.914. The Morgan fingerprint density at radius 3 is 2.75 bits per heavy atom. The Bertz CT molecular complexity index is 556. The van der Waals surface area contributed by atoms with Gasteiger partial charge in [0.2, 0.25) is 0 Å². The molecule has 3 rings (SSSR count). The van der Waals surface area contributed by atoms with E-state index < -0.39 is 0 Å². The molecule has 0 bridgehead atoms. The molecule has 2 heterocycles. The van der Waals surface area contributed by atoms with E-state index in [9.17, 15) is 0 Å². The quantitative estimate of drug-likeness (QED) is 0.922. The molecular formula is C16H20N2OS. The third-order valence-corrected chi connectivity index (χ3v) is 4.36. The lowest BCUT2D eigenvalue weighted by atomic mass is 10.1. The second-order valence-corrected chi connectivity index (χ2v) is 6.30. The van der Waals surface area contributed by atoms with Crippen molar-refractivity contribution in [2.45, 2.75) is 38.8 Å². The fourth-order valence-corrected chi connectivity index (χ4v) is 3.39. The molecule has 0 spiro atoms. The summed E-state index contributed by atoms with van der Waals surface area (Å²) in [6, 6.07) is 8.65. The van der Waals surface area contributed by atoms with Crippen LogP contribution in [0.4, 0.5) is 0 Å². The van der Waals surface area contributed by atoms with Crippen LogP contribution in [0.15, 0.2) is 29.6 Å². The summed E-state index contributed by atoms with van der Waals surface area (Å²) in [4.78, 5) is 4.77. The lowest BCUT2D eigenvalue weighted by molar-refractivity contribution is 0.242. The maximum Gasteiger partial charge on any atom is 0.119 e.